The molecular formula is C48H93NO4. The predicted octanol–water partition coefficient (Wildman–Crippen LogP) is 13.8. The van der Waals surface area contributed by atoms with Gasteiger partial charge in [-0.15, -0.1) is 0 Å². The maximum absolute atomic E-state index is 12.5. The standard InChI is InChI=1S/C48H93NO4/c1-3-5-7-9-11-13-15-17-19-21-22-23-24-25-26-27-29-31-33-35-37-39-41-43-47(52)48(53)49-45(44-50)46(51)42-40-38-36-34-32-30-28-20-18-16-14-12-10-8-6-4-2/h32,34,40,42,45-47,50-52H,3-31,33,35-39,41,43-44H2,1-2H3,(H,49,53)/b34-32+,42-40+. The topological polar surface area (TPSA) is 89.8 Å². The van der Waals surface area contributed by atoms with Crippen LogP contribution in [0.25, 0.3) is 0 Å². The van der Waals surface area contributed by atoms with Gasteiger partial charge in [0.15, 0.2) is 0 Å². The van der Waals surface area contributed by atoms with Crippen LogP contribution in [0.3, 0.4) is 0 Å². The van der Waals surface area contributed by atoms with Crippen LogP contribution in [0.1, 0.15) is 251 Å². The summed E-state index contributed by atoms with van der Waals surface area (Å²) in [5.41, 5.74) is 0. The molecule has 0 rings (SSSR count). The van der Waals surface area contributed by atoms with E-state index in [1.807, 2.05) is 6.08 Å². The minimum atomic E-state index is -1.10. The van der Waals surface area contributed by atoms with Crippen LogP contribution in [-0.4, -0.2) is 46.1 Å². The number of amides is 1. The third-order valence-electron chi connectivity index (χ3n) is 11.0. The Balaban J connectivity index is 3.63. The van der Waals surface area contributed by atoms with E-state index in [1.165, 1.54) is 193 Å². The second kappa shape index (κ2) is 43.6. The number of carbonyl (C=O) groups excluding carboxylic acids is 1. The largest absolute Gasteiger partial charge is 0.394 e. The second-order valence-corrected chi connectivity index (χ2v) is 16.3. The third kappa shape index (κ3) is 38.9. The van der Waals surface area contributed by atoms with Crippen molar-refractivity contribution in [2.24, 2.45) is 0 Å². The highest BCUT2D eigenvalue weighted by atomic mass is 16.3. The molecular weight excluding hydrogens is 655 g/mol. The van der Waals surface area contributed by atoms with Crippen molar-refractivity contribution in [1.82, 2.24) is 5.32 Å². The van der Waals surface area contributed by atoms with Crippen molar-refractivity contribution in [2.45, 2.75) is 270 Å². The summed E-state index contributed by atoms with van der Waals surface area (Å²) in [6, 6.07) is -0.811. The van der Waals surface area contributed by atoms with E-state index in [9.17, 15) is 20.1 Å². The minimum absolute atomic E-state index is 0.373. The number of aliphatic hydroxyl groups excluding tert-OH is 3. The Morgan fingerprint density at radius 1 is 0.453 bits per heavy atom. The zero-order chi connectivity index (χ0) is 38.7. The molecule has 0 aliphatic carbocycles. The molecule has 3 atom stereocenters. The number of hydrogen-bond donors (Lipinski definition) is 4. The maximum atomic E-state index is 12.5. The Labute approximate surface area is 331 Å². The molecule has 0 heterocycles. The van der Waals surface area contributed by atoms with E-state index in [4.69, 9.17) is 0 Å². The summed E-state index contributed by atoms with van der Waals surface area (Å²) in [7, 11) is 0. The van der Waals surface area contributed by atoms with Crippen molar-refractivity contribution in [3.8, 4) is 0 Å². The normalized spacial score (nSPS) is 13.7. The highest BCUT2D eigenvalue weighted by molar-refractivity contribution is 5.80. The molecule has 0 spiro atoms. The Morgan fingerprint density at radius 2 is 0.774 bits per heavy atom. The van der Waals surface area contributed by atoms with Crippen molar-refractivity contribution < 1.29 is 20.1 Å². The first kappa shape index (κ1) is 51.8. The lowest BCUT2D eigenvalue weighted by Crippen LogP contribution is -2.48. The number of carbonyl (C=O) groups is 1. The smallest absolute Gasteiger partial charge is 0.249 e. The van der Waals surface area contributed by atoms with Gasteiger partial charge < -0.3 is 20.6 Å². The van der Waals surface area contributed by atoms with Crippen LogP contribution in [-0.2, 0) is 4.79 Å². The van der Waals surface area contributed by atoms with Crippen molar-refractivity contribution in [1.29, 1.82) is 0 Å². The molecule has 0 aromatic rings. The molecule has 1 amide bonds. The van der Waals surface area contributed by atoms with Gasteiger partial charge in [0.1, 0.15) is 6.10 Å². The first-order valence-corrected chi connectivity index (χ1v) is 23.7. The summed E-state index contributed by atoms with van der Waals surface area (Å²) in [6.45, 7) is 4.18. The van der Waals surface area contributed by atoms with Crippen molar-refractivity contribution in [3.63, 3.8) is 0 Å². The lowest BCUT2D eigenvalue weighted by Gasteiger charge is -2.21. The molecule has 53 heavy (non-hydrogen) atoms. The van der Waals surface area contributed by atoms with Crippen LogP contribution in [0.4, 0.5) is 0 Å². The monoisotopic (exact) mass is 748 g/mol. The quantitative estimate of drug-likeness (QED) is 0.0369. The molecule has 0 fully saturated rings. The minimum Gasteiger partial charge on any atom is -0.394 e. The molecule has 3 unspecified atom stereocenters. The van der Waals surface area contributed by atoms with E-state index in [1.54, 1.807) is 6.08 Å². The van der Waals surface area contributed by atoms with Gasteiger partial charge in [0.25, 0.3) is 0 Å². The number of hydrogen-bond acceptors (Lipinski definition) is 4. The Morgan fingerprint density at radius 3 is 1.15 bits per heavy atom. The first-order valence-electron chi connectivity index (χ1n) is 23.7. The molecule has 0 aromatic carbocycles. The van der Waals surface area contributed by atoms with E-state index < -0.39 is 24.2 Å². The van der Waals surface area contributed by atoms with Gasteiger partial charge in [0, 0.05) is 0 Å². The van der Waals surface area contributed by atoms with Gasteiger partial charge in [-0.25, -0.2) is 0 Å². The number of unbranched alkanes of at least 4 members (excludes halogenated alkanes) is 33. The second-order valence-electron chi connectivity index (χ2n) is 16.3. The lowest BCUT2D eigenvalue weighted by molar-refractivity contribution is -0.131. The molecule has 4 N–H and O–H groups in total. The maximum Gasteiger partial charge on any atom is 0.249 e. The Hall–Kier alpha value is -1.17. The number of allylic oxidation sites excluding steroid dienone is 3. The summed E-state index contributed by atoms with van der Waals surface area (Å²) in [5, 5.41) is 33.2. The van der Waals surface area contributed by atoms with E-state index in [-0.39, 0.29) is 6.61 Å². The van der Waals surface area contributed by atoms with Gasteiger partial charge in [-0.05, 0) is 32.1 Å². The van der Waals surface area contributed by atoms with Crippen LogP contribution >= 0.6 is 0 Å². The van der Waals surface area contributed by atoms with Crippen LogP contribution < -0.4 is 5.32 Å². The van der Waals surface area contributed by atoms with Crippen LogP contribution in [0.15, 0.2) is 24.3 Å². The summed E-state index contributed by atoms with van der Waals surface area (Å²) in [6.07, 6.45) is 53.7. The molecule has 0 bridgehead atoms. The average Bonchev–Trinajstić information content (AvgIpc) is 3.16. The van der Waals surface area contributed by atoms with E-state index in [2.05, 4.69) is 31.3 Å². The first-order chi connectivity index (χ1) is 26.1. The zero-order valence-corrected chi connectivity index (χ0v) is 35.7. The molecule has 5 nitrogen and oxygen atoms in total. The van der Waals surface area contributed by atoms with Crippen molar-refractivity contribution in [2.75, 3.05) is 6.61 Å². The zero-order valence-electron chi connectivity index (χ0n) is 35.7. The van der Waals surface area contributed by atoms with Crippen molar-refractivity contribution >= 4 is 5.91 Å². The van der Waals surface area contributed by atoms with Gasteiger partial charge >= 0.3 is 0 Å². The van der Waals surface area contributed by atoms with E-state index in [0.29, 0.717) is 6.42 Å². The van der Waals surface area contributed by atoms with Crippen LogP contribution in [0.5, 0.6) is 0 Å². The SMILES string of the molecule is CCCCCCCCCCCC/C=C/CC/C=C/C(O)C(CO)NC(=O)C(O)CCCCCCCCCCCCCCCCCCCCCCCCC. The number of aliphatic hydroxyl groups is 3. The van der Waals surface area contributed by atoms with Crippen molar-refractivity contribution in [3.05, 3.63) is 24.3 Å². The fraction of sp³-hybridized carbons (Fsp3) is 0.896. The molecule has 0 saturated carbocycles. The number of nitrogens with one attached hydrogen (secondary N) is 1. The number of rotatable bonds is 43. The predicted molar refractivity (Wildman–Crippen MR) is 231 cm³/mol. The fourth-order valence-corrected chi connectivity index (χ4v) is 7.32. The van der Waals surface area contributed by atoms with Gasteiger partial charge in [-0.3, -0.25) is 4.79 Å². The van der Waals surface area contributed by atoms with E-state index >= 15 is 0 Å². The highest BCUT2D eigenvalue weighted by Gasteiger charge is 2.22. The van der Waals surface area contributed by atoms with Gasteiger partial charge in [-0.2, -0.15) is 0 Å². The Kier molecular flexibility index (Phi) is 42.6. The summed E-state index contributed by atoms with van der Waals surface area (Å²) in [4.78, 5) is 12.5. The third-order valence-corrected chi connectivity index (χ3v) is 11.0. The molecule has 0 radical (unpaired) electrons. The lowest BCUT2D eigenvalue weighted by atomic mass is 10.0. The summed E-state index contributed by atoms with van der Waals surface area (Å²) < 4.78 is 0. The fourth-order valence-electron chi connectivity index (χ4n) is 7.32. The average molecular weight is 748 g/mol. The molecule has 0 aromatic heterocycles. The van der Waals surface area contributed by atoms with E-state index in [0.717, 1.165) is 38.5 Å². The molecule has 0 aliphatic rings. The molecule has 5 heteroatoms. The molecule has 314 valence electrons. The molecule has 0 aliphatic heterocycles. The van der Waals surface area contributed by atoms with Gasteiger partial charge in [0.05, 0.1) is 18.8 Å². The van der Waals surface area contributed by atoms with Crippen LogP contribution in [0, 0.1) is 0 Å². The van der Waals surface area contributed by atoms with Gasteiger partial charge in [0.2, 0.25) is 5.91 Å². The Bertz CT molecular complexity index is 784. The summed E-state index contributed by atoms with van der Waals surface area (Å²) in [5.74, 6) is -0.509. The van der Waals surface area contributed by atoms with Crippen LogP contribution in [0.2, 0.25) is 0 Å². The highest BCUT2D eigenvalue weighted by Crippen LogP contribution is 2.16. The summed E-state index contributed by atoms with van der Waals surface area (Å²) >= 11 is 0. The molecule has 0 saturated heterocycles. The van der Waals surface area contributed by atoms with Gasteiger partial charge in [-0.1, -0.05) is 244 Å².